The van der Waals surface area contributed by atoms with E-state index in [1.165, 1.54) is 12.1 Å². The Hall–Kier alpha value is -1.75. The molecule has 0 aliphatic rings. The molecular weight excluding hydrogens is 267 g/mol. The molecule has 0 amide bonds. The number of nitrogens with one attached hydrogen (secondary N) is 1. The van der Waals surface area contributed by atoms with Gasteiger partial charge in [-0.05, 0) is 43.2 Å². The molecule has 0 fully saturated rings. The molecule has 5 heteroatoms. The van der Waals surface area contributed by atoms with Gasteiger partial charge < -0.3 is 9.73 Å². The van der Waals surface area contributed by atoms with Gasteiger partial charge in [-0.25, -0.2) is 0 Å². The van der Waals surface area contributed by atoms with Crippen molar-refractivity contribution in [3.63, 3.8) is 0 Å². The Morgan fingerprint density at radius 2 is 1.85 bits per heavy atom. The number of hydrogen-bond donors (Lipinski definition) is 1. The molecule has 1 aromatic carbocycles. The number of benzene rings is 1. The molecule has 108 valence electrons. The molecule has 1 aromatic heterocycles. The molecule has 0 aliphatic carbocycles. The fraction of sp³-hybridized carbons (Fsp3) is 0.333. The van der Waals surface area contributed by atoms with Gasteiger partial charge in [0.15, 0.2) is 0 Å². The zero-order chi connectivity index (χ0) is 14.6. The van der Waals surface area contributed by atoms with Gasteiger partial charge in [-0.2, -0.15) is 13.2 Å². The molecule has 20 heavy (non-hydrogen) atoms. The molecule has 2 nitrogen and oxygen atoms in total. The highest BCUT2D eigenvalue weighted by molar-refractivity contribution is 5.25. The molecule has 1 N–H and O–H groups in total. The predicted octanol–water partition coefficient (Wildman–Crippen LogP) is 4.02. The van der Waals surface area contributed by atoms with E-state index in [0.29, 0.717) is 13.0 Å². The molecule has 1 heterocycles. The lowest BCUT2D eigenvalue weighted by Gasteiger charge is -2.13. The molecule has 0 bridgehead atoms. The Balaban J connectivity index is 1.86. The van der Waals surface area contributed by atoms with Crippen molar-refractivity contribution in [3.8, 4) is 0 Å². The SMILES string of the molecule is CC(Cc1ccc(C(F)(F)F)cc1)NCc1ccco1. The van der Waals surface area contributed by atoms with Crippen LogP contribution in [0.25, 0.3) is 0 Å². The van der Waals surface area contributed by atoms with Crippen LogP contribution in [0, 0.1) is 0 Å². The molecule has 1 unspecified atom stereocenters. The Morgan fingerprint density at radius 3 is 2.40 bits per heavy atom. The van der Waals surface area contributed by atoms with Gasteiger partial charge in [-0.3, -0.25) is 0 Å². The molecule has 0 radical (unpaired) electrons. The van der Waals surface area contributed by atoms with E-state index in [-0.39, 0.29) is 6.04 Å². The Labute approximate surface area is 115 Å². The fourth-order valence-corrected chi connectivity index (χ4v) is 1.94. The van der Waals surface area contributed by atoms with Gasteiger partial charge in [0.05, 0.1) is 18.4 Å². The Bertz CT molecular complexity index is 517. The third kappa shape index (κ3) is 4.13. The summed E-state index contributed by atoms with van der Waals surface area (Å²) in [4.78, 5) is 0. The van der Waals surface area contributed by atoms with Crippen LogP contribution in [0.4, 0.5) is 13.2 Å². The minimum atomic E-state index is -4.28. The highest BCUT2D eigenvalue weighted by atomic mass is 19.4. The minimum absolute atomic E-state index is 0.150. The Morgan fingerprint density at radius 1 is 1.15 bits per heavy atom. The van der Waals surface area contributed by atoms with Crippen LogP contribution in [0.5, 0.6) is 0 Å². The maximum absolute atomic E-state index is 12.4. The quantitative estimate of drug-likeness (QED) is 0.896. The van der Waals surface area contributed by atoms with Crippen molar-refractivity contribution >= 4 is 0 Å². The summed E-state index contributed by atoms with van der Waals surface area (Å²) in [5, 5.41) is 3.26. The minimum Gasteiger partial charge on any atom is -0.468 e. The lowest BCUT2D eigenvalue weighted by atomic mass is 10.0. The van der Waals surface area contributed by atoms with Crippen LogP contribution in [-0.4, -0.2) is 6.04 Å². The predicted molar refractivity (Wildman–Crippen MR) is 70.2 cm³/mol. The fourth-order valence-electron chi connectivity index (χ4n) is 1.94. The average Bonchev–Trinajstić information content (AvgIpc) is 2.89. The van der Waals surface area contributed by atoms with Crippen LogP contribution in [0.2, 0.25) is 0 Å². The summed E-state index contributed by atoms with van der Waals surface area (Å²) in [6.45, 7) is 2.59. The summed E-state index contributed by atoms with van der Waals surface area (Å²) in [5.74, 6) is 0.837. The lowest BCUT2D eigenvalue weighted by Crippen LogP contribution is -2.27. The highest BCUT2D eigenvalue weighted by Crippen LogP contribution is 2.29. The summed E-state index contributed by atoms with van der Waals surface area (Å²) in [7, 11) is 0. The van der Waals surface area contributed by atoms with Crippen molar-refractivity contribution in [2.45, 2.75) is 32.1 Å². The second kappa shape index (κ2) is 6.13. The van der Waals surface area contributed by atoms with E-state index in [9.17, 15) is 13.2 Å². The maximum atomic E-state index is 12.4. The first-order valence-corrected chi connectivity index (χ1v) is 6.37. The molecule has 0 saturated carbocycles. The topological polar surface area (TPSA) is 25.2 Å². The first kappa shape index (κ1) is 14.7. The van der Waals surface area contributed by atoms with E-state index in [1.54, 1.807) is 6.26 Å². The van der Waals surface area contributed by atoms with Crippen molar-refractivity contribution in [2.75, 3.05) is 0 Å². The van der Waals surface area contributed by atoms with Gasteiger partial charge in [-0.15, -0.1) is 0 Å². The van der Waals surface area contributed by atoms with E-state index in [2.05, 4.69) is 5.32 Å². The number of alkyl halides is 3. The monoisotopic (exact) mass is 283 g/mol. The van der Waals surface area contributed by atoms with E-state index in [1.807, 2.05) is 19.1 Å². The van der Waals surface area contributed by atoms with Gasteiger partial charge in [0.1, 0.15) is 5.76 Å². The second-order valence-electron chi connectivity index (χ2n) is 4.76. The zero-order valence-electron chi connectivity index (χ0n) is 11.1. The summed E-state index contributed by atoms with van der Waals surface area (Å²) < 4.78 is 42.5. The molecule has 0 saturated heterocycles. The first-order valence-electron chi connectivity index (χ1n) is 6.37. The first-order chi connectivity index (χ1) is 9.45. The summed E-state index contributed by atoms with van der Waals surface area (Å²) in [5.41, 5.74) is 0.259. The van der Waals surface area contributed by atoms with Crippen LogP contribution < -0.4 is 5.32 Å². The normalized spacial score (nSPS) is 13.4. The molecule has 1 atom stereocenters. The Kier molecular flexibility index (Phi) is 4.49. The number of rotatable bonds is 5. The number of furan rings is 1. The van der Waals surface area contributed by atoms with Crippen molar-refractivity contribution in [3.05, 3.63) is 59.5 Å². The second-order valence-corrected chi connectivity index (χ2v) is 4.76. The summed E-state index contributed by atoms with van der Waals surface area (Å²) >= 11 is 0. The van der Waals surface area contributed by atoms with Crippen molar-refractivity contribution in [1.29, 1.82) is 0 Å². The van der Waals surface area contributed by atoms with Gasteiger partial charge in [0.25, 0.3) is 0 Å². The van der Waals surface area contributed by atoms with Gasteiger partial charge in [0, 0.05) is 6.04 Å². The lowest BCUT2D eigenvalue weighted by molar-refractivity contribution is -0.137. The van der Waals surface area contributed by atoms with Crippen molar-refractivity contribution in [2.24, 2.45) is 0 Å². The third-order valence-electron chi connectivity index (χ3n) is 3.03. The van der Waals surface area contributed by atoms with E-state index < -0.39 is 11.7 Å². The maximum Gasteiger partial charge on any atom is 0.416 e. The van der Waals surface area contributed by atoms with Crippen LogP contribution in [0.3, 0.4) is 0 Å². The zero-order valence-corrected chi connectivity index (χ0v) is 11.1. The van der Waals surface area contributed by atoms with Crippen LogP contribution >= 0.6 is 0 Å². The van der Waals surface area contributed by atoms with Crippen LogP contribution in [0.1, 0.15) is 23.8 Å². The smallest absolute Gasteiger partial charge is 0.416 e. The van der Waals surface area contributed by atoms with Gasteiger partial charge >= 0.3 is 6.18 Å². The standard InChI is InChI=1S/C15H16F3NO/c1-11(19-10-14-3-2-8-20-14)9-12-4-6-13(7-5-12)15(16,17)18/h2-8,11,19H,9-10H2,1H3. The molecule has 0 spiro atoms. The number of halogens is 3. The van der Waals surface area contributed by atoms with E-state index >= 15 is 0 Å². The largest absolute Gasteiger partial charge is 0.468 e. The van der Waals surface area contributed by atoms with Gasteiger partial charge in [-0.1, -0.05) is 12.1 Å². The molecule has 2 rings (SSSR count). The summed E-state index contributed by atoms with van der Waals surface area (Å²) in [6.07, 6.45) is -2.00. The molecule has 0 aliphatic heterocycles. The summed E-state index contributed by atoms with van der Waals surface area (Å²) in [6, 6.07) is 9.12. The van der Waals surface area contributed by atoms with Gasteiger partial charge in [0.2, 0.25) is 0 Å². The molecular formula is C15H16F3NO. The number of hydrogen-bond acceptors (Lipinski definition) is 2. The van der Waals surface area contributed by atoms with Crippen LogP contribution in [-0.2, 0) is 19.1 Å². The average molecular weight is 283 g/mol. The van der Waals surface area contributed by atoms with Crippen molar-refractivity contribution in [1.82, 2.24) is 5.32 Å². The van der Waals surface area contributed by atoms with Crippen molar-refractivity contribution < 1.29 is 17.6 Å². The third-order valence-corrected chi connectivity index (χ3v) is 3.03. The van der Waals surface area contributed by atoms with E-state index in [4.69, 9.17) is 4.42 Å². The van der Waals surface area contributed by atoms with Crippen LogP contribution in [0.15, 0.2) is 47.1 Å². The molecule has 2 aromatic rings. The van der Waals surface area contributed by atoms with E-state index in [0.717, 1.165) is 23.5 Å². The highest BCUT2D eigenvalue weighted by Gasteiger charge is 2.29.